The average Bonchev–Trinajstić information content (AvgIpc) is 2.98. The maximum atomic E-state index is 5.66. The molecule has 0 aliphatic heterocycles. The van der Waals surface area contributed by atoms with E-state index in [0.717, 1.165) is 4.47 Å². The van der Waals surface area contributed by atoms with Crippen molar-refractivity contribution in [3.63, 3.8) is 0 Å². The van der Waals surface area contributed by atoms with Gasteiger partial charge in [-0.1, -0.05) is 0 Å². The number of nitrogen functional groups attached to an aromatic ring is 1. The van der Waals surface area contributed by atoms with Gasteiger partial charge in [0.15, 0.2) is 5.76 Å². The summed E-state index contributed by atoms with van der Waals surface area (Å²) in [5, 5.41) is 4.04. The van der Waals surface area contributed by atoms with Crippen molar-refractivity contribution in [2.75, 3.05) is 5.73 Å². The van der Waals surface area contributed by atoms with Gasteiger partial charge < -0.3 is 10.2 Å². The van der Waals surface area contributed by atoms with Crippen LogP contribution in [0.1, 0.15) is 0 Å². The Balaban J connectivity index is 2.15. The molecule has 90 valence electrons. The van der Waals surface area contributed by atoms with Crippen molar-refractivity contribution in [3.05, 3.63) is 35.3 Å². The molecule has 0 saturated heterocycles. The van der Waals surface area contributed by atoms with Gasteiger partial charge in [-0.15, -0.1) is 0 Å². The molecule has 3 aromatic heterocycles. The Bertz CT molecular complexity index is 678. The minimum atomic E-state index is 0.105. The lowest BCUT2D eigenvalue weighted by molar-refractivity contribution is 0.575. The maximum Gasteiger partial charge on any atom is 0.256 e. The molecule has 0 atom stereocenters. The van der Waals surface area contributed by atoms with Crippen molar-refractivity contribution in [3.8, 4) is 17.5 Å². The minimum Gasteiger partial charge on any atom is -0.460 e. The summed E-state index contributed by atoms with van der Waals surface area (Å²) in [6, 6.07) is 3.52. The molecule has 0 bridgehead atoms. The first-order valence-electron chi connectivity index (χ1n) is 4.99. The van der Waals surface area contributed by atoms with Gasteiger partial charge in [0.05, 0.1) is 10.7 Å². The summed E-state index contributed by atoms with van der Waals surface area (Å²) in [6.07, 6.45) is 4.88. The standard InChI is InChI=1S/C10H7BrN6O/c11-6-2-5-18-7(6)8-14-9(12)16-10(15-8)17-4-1-3-13-17/h1-5H,(H2,12,14,15,16). The van der Waals surface area contributed by atoms with E-state index in [2.05, 4.69) is 36.0 Å². The van der Waals surface area contributed by atoms with Crippen molar-refractivity contribution < 1.29 is 4.42 Å². The van der Waals surface area contributed by atoms with Crippen LogP contribution in [0.15, 0.2) is 39.7 Å². The zero-order valence-electron chi connectivity index (χ0n) is 8.99. The highest BCUT2D eigenvalue weighted by Gasteiger charge is 2.13. The normalized spacial score (nSPS) is 10.7. The highest BCUT2D eigenvalue weighted by Crippen LogP contribution is 2.26. The molecule has 0 radical (unpaired) electrons. The van der Waals surface area contributed by atoms with Crippen LogP contribution in [-0.4, -0.2) is 24.7 Å². The number of aromatic nitrogens is 5. The number of nitrogens with two attached hydrogens (primary N) is 1. The Morgan fingerprint density at radius 3 is 2.83 bits per heavy atom. The zero-order chi connectivity index (χ0) is 12.5. The first-order valence-corrected chi connectivity index (χ1v) is 5.78. The number of nitrogens with zero attached hydrogens (tertiary/aromatic N) is 5. The number of anilines is 1. The number of hydrogen-bond acceptors (Lipinski definition) is 6. The Labute approximate surface area is 110 Å². The predicted molar refractivity (Wildman–Crippen MR) is 66.8 cm³/mol. The number of hydrogen-bond donors (Lipinski definition) is 1. The quantitative estimate of drug-likeness (QED) is 0.773. The van der Waals surface area contributed by atoms with E-state index in [1.165, 1.54) is 10.9 Å². The highest BCUT2D eigenvalue weighted by molar-refractivity contribution is 9.10. The summed E-state index contributed by atoms with van der Waals surface area (Å²) in [5.74, 6) is 1.29. The monoisotopic (exact) mass is 306 g/mol. The van der Waals surface area contributed by atoms with Crippen molar-refractivity contribution in [1.29, 1.82) is 0 Å². The predicted octanol–water partition coefficient (Wildman–Crippen LogP) is 1.66. The van der Waals surface area contributed by atoms with Crippen LogP contribution in [0.3, 0.4) is 0 Å². The Kier molecular flexibility index (Phi) is 2.56. The Morgan fingerprint density at radius 2 is 2.17 bits per heavy atom. The Morgan fingerprint density at radius 1 is 1.28 bits per heavy atom. The summed E-state index contributed by atoms with van der Waals surface area (Å²) in [5.41, 5.74) is 5.66. The Hall–Kier alpha value is -2.22. The molecule has 0 fully saturated rings. The number of furan rings is 1. The average molecular weight is 307 g/mol. The third-order valence-corrected chi connectivity index (χ3v) is 2.79. The molecule has 0 aliphatic rings. The van der Waals surface area contributed by atoms with E-state index < -0.39 is 0 Å². The summed E-state index contributed by atoms with van der Waals surface area (Å²) in [4.78, 5) is 12.3. The van der Waals surface area contributed by atoms with Gasteiger partial charge in [0.2, 0.25) is 11.8 Å². The van der Waals surface area contributed by atoms with Crippen LogP contribution in [0.25, 0.3) is 17.5 Å². The smallest absolute Gasteiger partial charge is 0.256 e. The van der Waals surface area contributed by atoms with Gasteiger partial charge in [0, 0.05) is 12.4 Å². The van der Waals surface area contributed by atoms with Crippen molar-refractivity contribution in [1.82, 2.24) is 24.7 Å². The van der Waals surface area contributed by atoms with Crippen molar-refractivity contribution >= 4 is 21.9 Å². The van der Waals surface area contributed by atoms with Gasteiger partial charge in [0.25, 0.3) is 5.95 Å². The molecule has 2 N–H and O–H groups in total. The lowest BCUT2D eigenvalue weighted by atomic mass is 10.4. The molecule has 3 rings (SSSR count). The van der Waals surface area contributed by atoms with Gasteiger partial charge in [-0.05, 0) is 28.1 Å². The molecule has 0 spiro atoms. The van der Waals surface area contributed by atoms with Gasteiger partial charge in [-0.25, -0.2) is 4.68 Å². The van der Waals surface area contributed by atoms with Crippen molar-refractivity contribution in [2.24, 2.45) is 0 Å². The lowest BCUT2D eigenvalue weighted by Gasteiger charge is -2.03. The molecule has 0 saturated carbocycles. The van der Waals surface area contributed by atoms with Crippen LogP contribution in [0.2, 0.25) is 0 Å². The van der Waals surface area contributed by atoms with Crippen LogP contribution in [0.4, 0.5) is 5.95 Å². The first-order chi connectivity index (χ1) is 8.74. The van der Waals surface area contributed by atoms with Gasteiger partial charge >= 0.3 is 0 Å². The minimum absolute atomic E-state index is 0.105. The van der Waals surface area contributed by atoms with E-state index in [1.54, 1.807) is 24.5 Å². The second-order valence-electron chi connectivity index (χ2n) is 3.37. The maximum absolute atomic E-state index is 5.66. The fourth-order valence-corrected chi connectivity index (χ4v) is 1.80. The van der Waals surface area contributed by atoms with Gasteiger partial charge in [0.1, 0.15) is 0 Å². The zero-order valence-corrected chi connectivity index (χ0v) is 10.6. The summed E-state index contributed by atoms with van der Waals surface area (Å²) in [6.45, 7) is 0. The topological polar surface area (TPSA) is 95.7 Å². The third-order valence-electron chi connectivity index (χ3n) is 2.17. The highest BCUT2D eigenvalue weighted by atomic mass is 79.9. The van der Waals surface area contributed by atoms with Crippen LogP contribution in [0.5, 0.6) is 0 Å². The van der Waals surface area contributed by atoms with E-state index in [9.17, 15) is 0 Å². The molecule has 8 heteroatoms. The van der Waals surface area contributed by atoms with E-state index in [1.807, 2.05) is 0 Å². The molecule has 3 heterocycles. The van der Waals surface area contributed by atoms with Crippen LogP contribution in [0, 0.1) is 0 Å². The largest absolute Gasteiger partial charge is 0.460 e. The van der Waals surface area contributed by atoms with E-state index in [-0.39, 0.29) is 5.95 Å². The number of rotatable bonds is 2. The van der Waals surface area contributed by atoms with E-state index in [0.29, 0.717) is 17.5 Å². The SMILES string of the molecule is Nc1nc(-c2occc2Br)nc(-n2cccn2)n1. The second kappa shape index (κ2) is 4.22. The fourth-order valence-electron chi connectivity index (χ4n) is 1.43. The molecule has 0 aromatic carbocycles. The second-order valence-corrected chi connectivity index (χ2v) is 4.22. The van der Waals surface area contributed by atoms with Crippen LogP contribution < -0.4 is 5.73 Å². The third kappa shape index (κ3) is 1.86. The van der Waals surface area contributed by atoms with Crippen molar-refractivity contribution in [2.45, 2.75) is 0 Å². The molecule has 18 heavy (non-hydrogen) atoms. The van der Waals surface area contributed by atoms with E-state index in [4.69, 9.17) is 10.2 Å². The fraction of sp³-hybridized carbons (Fsp3) is 0. The molecule has 7 nitrogen and oxygen atoms in total. The molecular formula is C10H7BrN6O. The molecule has 0 aliphatic carbocycles. The molecule has 0 unspecified atom stereocenters. The van der Waals surface area contributed by atoms with Gasteiger partial charge in [-0.2, -0.15) is 20.1 Å². The summed E-state index contributed by atoms with van der Waals surface area (Å²) >= 11 is 3.34. The molecular weight excluding hydrogens is 300 g/mol. The molecule has 0 amide bonds. The van der Waals surface area contributed by atoms with Gasteiger partial charge in [-0.3, -0.25) is 0 Å². The van der Waals surface area contributed by atoms with E-state index >= 15 is 0 Å². The number of halogens is 1. The summed E-state index contributed by atoms with van der Waals surface area (Å²) < 4.78 is 7.54. The molecule has 3 aromatic rings. The van der Waals surface area contributed by atoms with Crippen LogP contribution in [-0.2, 0) is 0 Å². The summed E-state index contributed by atoms with van der Waals surface area (Å²) in [7, 11) is 0. The van der Waals surface area contributed by atoms with Crippen LogP contribution >= 0.6 is 15.9 Å². The first kappa shape index (κ1) is 10.9. The lowest BCUT2D eigenvalue weighted by Crippen LogP contribution is -2.07.